The lowest BCUT2D eigenvalue weighted by molar-refractivity contribution is 0.154. The van der Waals surface area contributed by atoms with Crippen molar-refractivity contribution in [1.29, 1.82) is 0 Å². The number of aliphatic hydroxyl groups excluding tert-OH is 1. The fourth-order valence-corrected chi connectivity index (χ4v) is 2.42. The summed E-state index contributed by atoms with van der Waals surface area (Å²) in [7, 11) is -1.85. The number of hydrogen-bond acceptors (Lipinski definition) is 3. The second-order valence-corrected chi connectivity index (χ2v) is 6.30. The summed E-state index contributed by atoms with van der Waals surface area (Å²) < 4.78 is 27.1. The van der Waals surface area contributed by atoms with Crippen LogP contribution in [0.15, 0.2) is 0 Å². The van der Waals surface area contributed by atoms with Crippen molar-refractivity contribution in [2.24, 2.45) is 5.92 Å². The second-order valence-electron chi connectivity index (χ2n) is 4.43. The fourth-order valence-electron chi connectivity index (χ4n) is 1.45. The fraction of sp³-hybridized carbons (Fsp3) is 1.00. The number of nitrogens with zero attached hydrogens (tertiary/aromatic N) is 1. The van der Waals surface area contributed by atoms with Gasteiger partial charge in [-0.2, -0.15) is 17.4 Å². The van der Waals surface area contributed by atoms with Gasteiger partial charge in [0.2, 0.25) is 0 Å². The van der Waals surface area contributed by atoms with Gasteiger partial charge in [-0.15, -0.1) is 0 Å². The van der Waals surface area contributed by atoms with Crippen molar-refractivity contribution in [2.75, 3.05) is 20.1 Å². The van der Waals surface area contributed by atoms with Gasteiger partial charge in [-0.1, -0.05) is 13.3 Å². The Labute approximate surface area is 98.0 Å². The molecule has 5 nitrogen and oxygen atoms in total. The molecule has 0 aromatic rings. The van der Waals surface area contributed by atoms with Gasteiger partial charge >= 0.3 is 0 Å². The first kappa shape index (κ1) is 13.9. The Morgan fingerprint density at radius 3 is 2.62 bits per heavy atom. The quantitative estimate of drug-likeness (QED) is 0.652. The van der Waals surface area contributed by atoms with E-state index >= 15 is 0 Å². The summed E-state index contributed by atoms with van der Waals surface area (Å²) in [4.78, 5) is 0. The average Bonchev–Trinajstić information content (AvgIpc) is 3.06. The van der Waals surface area contributed by atoms with Crippen molar-refractivity contribution in [1.82, 2.24) is 9.03 Å². The highest BCUT2D eigenvalue weighted by molar-refractivity contribution is 7.87. The second kappa shape index (κ2) is 5.95. The number of unbranched alkanes of at least 4 members (excludes halogenated alkanes) is 1. The van der Waals surface area contributed by atoms with Crippen LogP contribution in [0.4, 0.5) is 0 Å². The maximum absolute atomic E-state index is 11.7. The lowest BCUT2D eigenvalue weighted by Crippen LogP contribution is -2.42. The molecule has 1 aliphatic rings. The maximum atomic E-state index is 11.7. The van der Waals surface area contributed by atoms with E-state index in [0.29, 0.717) is 12.5 Å². The molecule has 1 saturated carbocycles. The Kier molecular flexibility index (Phi) is 5.17. The van der Waals surface area contributed by atoms with Gasteiger partial charge in [0.1, 0.15) is 0 Å². The Hall–Kier alpha value is -0.170. The molecule has 0 spiro atoms. The van der Waals surface area contributed by atoms with E-state index in [-0.39, 0.29) is 6.54 Å². The van der Waals surface area contributed by atoms with Gasteiger partial charge in [0.25, 0.3) is 10.2 Å². The molecule has 0 saturated heterocycles. The van der Waals surface area contributed by atoms with Crippen molar-refractivity contribution in [3.8, 4) is 0 Å². The first-order chi connectivity index (χ1) is 7.47. The molecule has 0 heterocycles. The predicted octanol–water partition coefficient (Wildman–Crippen LogP) is 0.324. The van der Waals surface area contributed by atoms with Gasteiger partial charge in [0.05, 0.1) is 6.10 Å². The summed E-state index contributed by atoms with van der Waals surface area (Å²) in [5, 5.41) is 9.56. The van der Waals surface area contributed by atoms with Crippen LogP contribution in [0.5, 0.6) is 0 Å². The van der Waals surface area contributed by atoms with Gasteiger partial charge in [-0.05, 0) is 25.2 Å². The van der Waals surface area contributed by atoms with E-state index in [9.17, 15) is 13.5 Å². The van der Waals surface area contributed by atoms with Crippen molar-refractivity contribution in [3.63, 3.8) is 0 Å². The highest BCUT2D eigenvalue weighted by Crippen LogP contribution is 2.32. The lowest BCUT2D eigenvalue weighted by atomic mass is 10.2. The Bertz CT molecular complexity index is 301. The number of nitrogens with one attached hydrogen (secondary N) is 1. The zero-order valence-corrected chi connectivity index (χ0v) is 10.8. The van der Waals surface area contributed by atoms with Crippen LogP contribution in [0.2, 0.25) is 0 Å². The molecule has 1 fully saturated rings. The molecule has 1 rings (SSSR count). The largest absolute Gasteiger partial charge is 0.391 e. The monoisotopic (exact) mass is 250 g/mol. The molecule has 0 aliphatic heterocycles. The minimum absolute atomic E-state index is 0.128. The minimum Gasteiger partial charge on any atom is -0.391 e. The van der Waals surface area contributed by atoms with Gasteiger partial charge in [-0.25, -0.2) is 0 Å². The van der Waals surface area contributed by atoms with Gasteiger partial charge in [0, 0.05) is 20.1 Å². The van der Waals surface area contributed by atoms with E-state index in [4.69, 9.17) is 0 Å². The predicted molar refractivity (Wildman–Crippen MR) is 63.2 cm³/mol. The van der Waals surface area contributed by atoms with Crippen molar-refractivity contribution in [2.45, 2.75) is 38.7 Å². The lowest BCUT2D eigenvalue weighted by Gasteiger charge is -2.18. The molecule has 6 heteroatoms. The molecule has 96 valence electrons. The highest BCUT2D eigenvalue weighted by Gasteiger charge is 2.30. The summed E-state index contributed by atoms with van der Waals surface area (Å²) in [5.74, 6) is 0.295. The maximum Gasteiger partial charge on any atom is 0.279 e. The summed E-state index contributed by atoms with van der Waals surface area (Å²) in [6.45, 7) is 2.67. The standard InChI is InChI=1S/C10H22N2O3S/c1-3-4-7-12(2)16(14,15)11-8-10(13)9-5-6-9/h9-11,13H,3-8H2,1-2H3. The zero-order chi connectivity index (χ0) is 12.2. The van der Waals surface area contributed by atoms with Gasteiger partial charge < -0.3 is 5.11 Å². The third kappa shape index (κ3) is 4.37. The van der Waals surface area contributed by atoms with Crippen molar-refractivity contribution in [3.05, 3.63) is 0 Å². The van der Waals surface area contributed by atoms with Crippen LogP contribution in [0.25, 0.3) is 0 Å². The van der Waals surface area contributed by atoms with Crippen molar-refractivity contribution >= 4 is 10.2 Å². The molecule has 0 aromatic heterocycles. The molecule has 1 atom stereocenters. The summed E-state index contributed by atoms with van der Waals surface area (Å²) in [6.07, 6.45) is 3.30. The van der Waals surface area contributed by atoms with E-state index in [1.54, 1.807) is 7.05 Å². The van der Waals surface area contributed by atoms with E-state index < -0.39 is 16.3 Å². The van der Waals surface area contributed by atoms with E-state index in [1.807, 2.05) is 6.92 Å². The Morgan fingerprint density at radius 2 is 2.12 bits per heavy atom. The summed E-state index contributed by atoms with van der Waals surface area (Å²) in [5.41, 5.74) is 0. The molecule has 1 aliphatic carbocycles. The van der Waals surface area contributed by atoms with Crippen LogP contribution in [-0.4, -0.2) is 44.1 Å². The number of hydrogen-bond donors (Lipinski definition) is 2. The minimum atomic E-state index is -3.41. The molecule has 2 N–H and O–H groups in total. The van der Waals surface area contributed by atoms with E-state index in [2.05, 4.69) is 4.72 Å². The summed E-state index contributed by atoms with van der Waals surface area (Å²) >= 11 is 0. The number of rotatable bonds is 8. The highest BCUT2D eigenvalue weighted by atomic mass is 32.2. The molecule has 0 aromatic carbocycles. The molecule has 16 heavy (non-hydrogen) atoms. The first-order valence-corrected chi connectivity index (χ1v) is 7.30. The van der Waals surface area contributed by atoms with Crippen LogP contribution in [0.1, 0.15) is 32.6 Å². The van der Waals surface area contributed by atoms with Crippen LogP contribution < -0.4 is 4.72 Å². The zero-order valence-electron chi connectivity index (χ0n) is 10.0. The Balaban J connectivity index is 2.31. The van der Waals surface area contributed by atoms with Crippen LogP contribution in [-0.2, 0) is 10.2 Å². The van der Waals surface area contributed by atoms with Gasteiger partial charge in [0.15, 0.2) is 0 Å². The van der Waals surface area contributed by atoms with Crippen LogP contribution in [0, 0.1) is 5.92 Å². The molecule has 1 unspecified atom stereocenters. The molecular weight excluding hydrogens is 228 g/mol. The average molecular weight is 250 g/mol. The smallest absolute Gasteiger partial charge is 0.279 e. The van der Waals surface area contributed by atoms with Gasteiger partial charge in [-0.3, -0.25) is 0 Å². The molecule has 0 amide bonds. The third-order valence-corrected chi connectivity index (χ3v) is 4.41. The molecule has 0 radical (unpaired) electrons. The van der Waals surface area contributed by atoms with Crippen LogP contribution >= 0.6 is 0 Å². The normalized spacial score (nSPS) is 19.0. The van der Waals surface area contributed by atoms with E-state index in [1.165, 1.54) is 4.31 Å². The van der Waals surface area contributed by atoms with Crippen LogP contribution in [0.3, 0.4) is 0 Å². The van der Waals surface area contributed by atoms with Crippen molar-refractivity contribution < 1.29 is 13.5 Å². The van der Waals surface area contributed by atoms with E-state index in [0.717, 1.165) is 25.7 Å². The third-order valence-electron chi connectivity index (χ3n) is 2.88. The Morgan fingerprint density at radius 1 is 1.50 bits per heavy atom. The topological polar surface area (TPSA) is 69.6 Å². The number of aliphatic hydroxyl groups is 1. The first-order valence-electron chi connectivity index (χ1n) is 5.86. The summed E-state index contributed by atoms with van der Waals surface area (Å²) in [6, 6.07) is 0. The molecular formula is C10H22N2O3S. The molecule has 0 bridgehead atoms. The SMILES string of the molecule is CCCCN(C)S(=O)(=O)NCC(O)C1CC1.